The van der Waals surface area contributed by atoms with E-state index in [0.717, 1.165) is 40.3 Å². The number of hydrogen-bond acceptors (Lipinski definition) is 4. The Balaban J connectivity index is 1.89. The van der Waals surface area contributed by atoms with Gasteiger partial charge in [0.25, 0.3) is 0 Å². The summed E-state index contributed by atoms with van der Waals surface area (Å²) in [5.74, 6) is -0.159. The van der Waals surface area contributed by atoms with Gasteiger partial charge in [-0.2, -0.15) is 0 Å². The molecule has 1 aliphatic carbocycles. The van der Waals surface area contributed by atoms with E-state index in [1.165, 1.54) is 12.5 Å². The van der Waals surface area contributed by atoms with Crippen LogP contribution in [0.5, 0.6) is 0 Å². The van der Waals surface area contributed by atoms with Crippen LogP contribution in [0.2, 0.25) is 0 Å². The van der Waals surface area contributed by atoms with Gasteiger partial charge in [-0.3, -0.25) is 4.79 Å². The molecule has 0 aliphatic heterocycles. The van der Waals surface area contributed by atoms with Gasteiger partial charge in [-0.25, -0.2) is 9.37 Å². The molecule has 3 aromatic carbocycles. The average molecular weight is 442 g/mol. The van der Waals surface area contributed by atoms with E-state index in [9.17, 15) is 9.90 Å². The van der Waals surface area contributed by atoms with Gasteiger partial charge in [0.1, 0.15) is 5.82 Å². The molecular formula is C28H24FNO3. The van der Waals surface area contributed by atoms with Crippen LogP contribution in [0, 0.1) is 5.82 Å². The van der Waals surface area contributed by atoms with Gasteiger partial charge in [-0.05, 0) is 89.6 Å². The number of allylic oxidation sites excluding steroid dienone is 1. The zero-order valence-electron chi connectivity index (χ0n) is 18.4. The fourth-order valence-electron chi connectivity index (χ4n) is 4.74. The molecule has 0 bridgehead atoms. The van der Waals surface area contributed by atoms with Gasteiger partial charge in [0.2, 0.25) is 5.43 Å². The topological polar surface area (TPSA) is 63.3 Å². The molecule has 1 fully saturated rings. The molecule has 4 aromatic rings. The Kier molecular flexibility index (Phi) is 5.22. The van der Waals surface area contributed by atoms with Crippen molar-refractivity contribution in [2.75, 3.05) is 0 Å². The number of halogens is 1. The van der Waals surface area contributed by atoms with E-state index in [1.54, 1.807) is 31.2 Å². The zero-order chi connectivity index (χ0) is 23.3. The maximum atomic E-state index is 15.4. The number of aromatic nitrogens is 1. The molecule has 1 saturated carbocycles. The lowest BCUT2D eigenvalue weighted by atomic mass is 9.89. The van der Waals surface area contributed by atoms with Crippen molar-refractivity contribution in [2.24, 2.45) is 0 Å². The largest absolute Gasteiger partial charge is 0.443 e. The second-order valence-electron chi connectivity index (χ2n) is 8.62. The molecule has 5 heteroatoms. The highest BCUT2D eigenvalue weighted by atomic mass is 19.1. The summed E-state index contributed by atoms with van der Waals surface area (Å²) < 4.78 is 21.0. The van der Waals surface area contributed by atoms with E-state index in [-0.39, 0.29) is 16.9 Å². The zero-order valence-corrected chi connectivity index (χ0v) is 18.4. The van der Waals surface area contributed by atoms with E-state index < -0.39 is 11.9 Å². The molecule has 0 amide bonds. The molecular weight excluding hydrogens is 417 g/mol. The smallest absolute Gasteiger partial charge is 0.208 e. The second kappa shape index (κ2) is 8.09. The molecule has 1 N–H and O–H groups in total. The number of hydrogen-bond donors (Lipinski definition) is 1. The highest BCUT2D eigenvalue weighted by Gasteiger charge is 2.28. The van der Waals surface area contributed by atoms with E-state index in [1.807, 2.05) is 12.1 Å². The molecule has 1 aromatic heterocycles. The van der Waals surface area contributed by atoms with Gasteiger partial charge < -0.3 is 9.52 Å². The van der Waals surface area contributed by atoms with Crippen LogP contribution >= 0.6 is 0 Å². The molecule has 166 valence electrons. The van der Waals surface area contributed by atoms with E-state index in [4.69, 9.17) is 4.42 Å². The van der Waals surface area contributed by atoms with E-state index >= 15 is 4.39 Å². The minimum Gasteiger partial charge on any atom is -0.443 e. The lowest BCUT2D eigenvalue weighted by Gasteiger charge is -2.17. The van der Waals surface area contributed by atoms with Crippen LogP contribution < -0.4 is 5.43 Å². The van der Waals surface area contributed by atoms with Crippen LogP contribution in [0.3, 0.4) is 0 Å². The molecule has 0 radical (unpaired) electrons. The number of nitrogens with zero attached hydrogens (tertiary/aromatic N) is 1. The van der Waals surface area contributed by atoms with Crippen molar-refractivity contribution < 1.29 is 13.9 Å². The second-order valence-corrected chi connectivity index (χ2v) is 8.62. The Labute approximate surface area is 190 Å². The molecule has 0 saturated heterocycles. The molecule has 1 unspecified atom stereocenters. The van der Waals surface area contributed by atoms with Gasteiger partial charge in [0, 0.05) is 10.9 Å². The highest BCUT2D eigenvalue weighted by Crippen LogP contribution is 2.46. The highest BCUT2D eigenvalue weighted by molar-refractivity contribution is 6.09. The van der Waals surface area contributed by atoms with Gasteiger partial charge in [0.05, 0.1) is 6.10 Å². The van der Waals surface area contributed by atoms with Crippen LogP contribution in [0.4, 0.5) is 4.39 Å². The molecule has 1 heterocycles. The summed E-state index contributed by atoms with van der Waals surface area (Å²) in [4.78, 5) is 17.0. The number of benzene rings is 2. The molecule has 0 spiro atoms. The fraction of sp³-hybridized carbons (Fsp3) is 0.214. The minimum absolute atomic E-state index is 0.186. The molecule has 4 nitrogen and oxygen atoms in total. The van der Waals surface area contributed by atoms with E-state index in [0.29, 0.717) is 28.7 Å². The first-order valence-electron chi connectivity index (χ1n) is 11.1. The van der Waals surface area contributed by atoms with E-state index in [2.05, 4.69) is 18.1 Å². The maximum Gasteiger partial charge on any atom is 0.208 e. The number of oxazole rings is 1. The Morgan fingerprint density at radius 3 is 2.70 bits per heavy atom. The van der Waals surface area contributed by atoms with Crippen LogP contribution in [-0.2, 0) is 6.42 Å². The predicted octanol–water partition coefficient (Wildman–Crippen LogP) is 6.45. The summed E-state index contributed by atoms with van der Waals surface area (Å²) in [7, 11) is 0. The van der Waals surface area contributed by atoms with Crippen LogP contribution in [0.25, 0.3) is 39.1 Å². The summed E-state index contributed by atoms with van der Waals surface area (Å²) >= 11 is 0. The number of rotatable bonds is 6. The SMILES string of the molecule is C=CCc1cc(-c2ccc3c(c(C4CC4)cc(=O)c4ncoc43)c2C=C)c(F)cc1C(C)O. The average Bonchev–Trinajstić information content (AvgIpc) is 3.54. The van der Waals surface area contributed by atoms with Gasteiger partial charge >= 0.3 is 0 Å². The van der Waals surface area contributed by atoms with Crippen molar-refractivity contribution in [1.82, 2.24) is 4.98 Å². The summed E-state index contributed by atoms with van der Waals surface area (Å²) in [6, 6.07) is 8.52. The summed E-state index contributed by atoms with van der Waals surface area (Å²) in [5, 5.41) is 11.7. The number of fused-ring (bicyclic) bond motifs is 3. The van der Waals surface area contributed by atoms with Crippen molar-refractivity contribution in [3.8, 4) is 11.1 Å². The third-order valence-electron chi connectivity index (χ3n) is 6.42. The molecule has 1 aliphatic rings. The van der Waals surface area contributed by atoms with Crippen LogP contribution in [0.15, 0.2) is 65.2 Å². The Hall–Kier alpha value is -3.57. The Bertz CT molecular complexity index is 1500. The van der Waals surface area contributed by atoms with Crippen molar-refractivity contribution in [3.63, 3.8) is 0 Å². The lowest BCUT2D eigenvalue weighted by molar-refractivity contribution is 0.198. The molecule has 5 rings (SSSR count). The fourth-order valence-corrected chi connectivity index (χ4v) is 4.74. The predicted molar refractivity (Wildman–Crippen MR) is 130 cm³/mol. The number of aliphatic hydroxyl groups excluding tert-OH is 1. The van der Waals surface area contributed by atoms with Crippen LogP contribution in [-0.4, -0.2) is 10.1 Å². The van der Waals surface area contributed by atoms with Crippen LogP contribution in [0.1, 0.15) is 54.0 Å². The first kappa shape index (κ1) is 21.3. The van der Waals surface area contributed by atoms with Crippen molar-refractivity contribution in [1.29, 1.82) is 0 Å². The first-order chi connectivity index (χ1) is 15.9. The first-order valence-corrected chi connectivity index (χ1v) is 11.1. The van der Waals surface area contributed by atoms with Crippen molar-refractivity contribution in [3.05, 3.63) is 94.3 Å². The maximum absolute atomic E-state index is 15.4. The minimum atomic E-state index is -0.797. The lowest BCUT2D eigenvalue weighted by Crippen LogP contribution is -2.02. The monoisotopic (exact) mass is 441 g/mol. The normalized spacial score (nSPS) is 14.5. The number of aliphatic hydroxyl groups is 1. The Morgan fingerprint density at radius 2 is 2.03 bits per heavy atom. The third kappa shape index (κ3) is 3.49. The van der Waals surface area contributed by atoms with Gasteiger partial charge in [-0.1, -0.05) is 24.8 Å². The van der Waals surface area contributed by atoms with Crippen molar-refractivity contribution >= 4 is 27.9 Å². The summed E-state index contributed by atoms with van der Waals surface area (Å²) in [5.41, 5.74) is 4.64. The Morgan fingerprint density at radius 1 is 1.24 bits per heavy atom. The van der Waals surface area contributed by atoms with Gasteiger partial charge in [0.15, 0.2) is 17.5 Å². The standard InChI is InChI=1S/C28H24FNO3/c1-4-6-17-11-23(24(29)12-21(17)15(3)31)19-9-10-20-26(18(19)5-2)22(16-7-8-16)13-25(32)27-28(20)33-14-30-27/h4-5,9-16,31H,1-2,6-8H2,3H3. The quantitative estimate of drug-likeness (QED) is 0.349. The molecule has 33 heavy (non-hydrogen) atoms. The summed E-state index contributed by atoms with van der Waals surface area (Å²) in [6.45, 7) is 9.45. The van der Waals surface area contributed by atoms with Crippen molar-refractivity contribution in [2.45, 2.75) is 38.2 Å². The summed E-state index contributed by atoms with van der Waals surface area (Å²) in [6.07, 6.45) is 6.43. The van der Waals surface area contributed by atoms with Gasteiger partial charge in [-0.15, -0.1) is 6.58 Å². The third-order valence-corrected chi connectivity index (χ3v) is 6.42. The molecule has 1 atom stereocenters.